The Morgan fingerprint density at radius 1 is 1.19 bits per heavy atom. The highest BCUT2D eigenvalue weighted by Gasteiger charge is 2.32. The summed E-state index contributed by atoms with van der Waals surface area (Å²) in [7, 11) is 0. The van der Waals surface area contributed by atoms with Crippen LogP contribution in [0.25, 0.3) is 0 Å². The Bertz CT molecular complexity index is 657. The van der Waals surface area contributed by atoms with Crippen molar-refractivity contribution in [3.63, 3.8) is 0 Å². The van der Waals surface area contributed by atoms with Gasteiger partial charge < -0.3 is 15.0 Å². The molecule has 0 aromatic heterocycles. The number of nitrogens with one attached hydrogen (secondary N) is 1. The minimum absolute atomic E-state index is 0.0419. The Labute approximate surface area is 159 Å². The van der Waals surface area contributed by atoms with E-state index in [1.807, 2.05) is 6.92 Å². The standard InChI is InChI=1S/C19H26ClN3O3/c1-13(18(24)21-16-6-7-16)22-8-10-23(11-9-22)19(25)14(2)26-17-5-3-4-15(20)12-17/h3-5,12-14,16H,6-11H2,1-2H3,(H,21,24). The maximum absolute atomic E-state index is 12.6. The van der Waals surface area contributed by atoms with Crippen LogP contribution in [0.2, 0.25) is 5.02 Å². The van der Waals surface area contributed by atoms with Crippen LogP contribution in [0.5, 0.6) is 5.75 Å². The molecule has 1 saturated heterocycles. The van der Waals surface area contributed by atoms with Gasteiger partial charge in [-0.3, -0.25) is 14.5 Å². The molecule has 142 valence electrons. The number of ether oxygens (including phenoxy) is 1. The summed E-state index contributed by atoms with van der Waals surface area (Å²) in [4.78, 5) is 28.7. The third-order valence-corrected chi connectivity index (χ3v) is 5.17. The highest BCUT2D eigenvalue weighted by Crippen LogP contribution is 2.20. The number of amides is 2. The van der Waals surface area contributed by atoms with Crippen LogP contribution in [-0.4, -0.2) is 66.0 Å². The molecule has 6 nitrogen and oxygen atoms in total. The number of carbonyl (C=O) groups is 2. The van der Waals surface area contributed by atoms with E-state index >= 15 is 0 Å². The van der Waals surface area contributed by atoms with Gasteiger partial charge in [0, 0.05) is 37.2 Å². The quantitative estimate of drug-likeness (QED) is 0.820. The van der Waals surface area contributed by atoms with Gasteiger partial charge in [0.15, 0.2) is 6.10 Å². The molecule has 0 spiro atoms. The van der Waals surface area contributed by atoms with Gasteiger partial charge in [-0.25, -0.2) is 0 Å². The van der Waals surface area contributed by atoms with Gasteiger partial charge in [0.25, 0.3) is 5.91 Å². The van der Waals surface area contributed by atoms with Gasteiger partial charge >= 0.3 is 0 Å². The fourth-order valence-electron chi connectivity index (χ4n) is 3.10. The van der Waals surface area contributed by atoms with Crippen LogP contribution in [0.15, 0.2) is 24.3 Å². The highest BCUT2D eigenvalue weighted by atomic mass is 35.5. The normalized spacial score (nSPS) is 20.3. The third kappa shape index (κ3) is 4.89. The summed E-state index contributed by atoms with van der Waals surface area (Å²) < 4.78 is 5.72. The van der Waals surface area contributed by atoms with E-state index in [4.69, 9.17) is 16.3 Å². The third-order valence-electron chi connectivity index (χ3n) is 4.93. The molecule has 26 heavy (non-hydrogen) atoms. The second kappa shape index (κ2) is 8.27. The largest absolute Gasteiger partial charge is 0.481 e. The van der Waals surface area contributed by atoms with Crippen molar-refractivity contribution >= 4 is 23.4 Å². The Kier molecular flexibility index (Phi) is 6.04. The second-order valence-electron chi connectivity index (χ2n) is 7.04. The minimum atomic E-state index is -0.574. The summed E-state index contributed by atoms with van der Waals surface area (Å²) in [6.07, 6.45) is 1.60. The molecule has 1 heterocycles. The molecule has 2 aliphatic rings. The van der Waals surface area contributed by atoms with Crippen molar-refractivity contribution in [3.05, 3.63) is 29.3 Å². The predicted molar refractivity (Wildman–Crippen MR) is 100 cm³/mol. The van der Waals surface area contributed by atoms with Crippen molar-refractivity contribution in [2.24, 2.45) is 0 Å². The number of hydrogen-bond donors (Lipinski definition) is 1. The number of nitrogens with zero attached hydrogens (tertiary/aromatic N) is 2. The van der Waals surface area contributed by atoms with Crippen LogP contribution < -0.4 is 10.1 Å². The maximum Gasteiger partial charge on any atom is 0.263 e. The lowest BCUT2D eigenvalue weighted by Crippen LogP contribution is -2.56. The van der Waals surface area contributed by atoms with Crippen molar-refractivity contribution < 1.29 is 14.3 Å². The van der Waals surface area contributed by atoms with Crippen molar-refractivity contribution in [1.82, 2.24) is 15.1 Å². The molecule has 0 bridgehead atoms. The van der Waals surface area contributed by atoms with Gasteiger partial charge in [0.1, 0.15) is 5.75 Å². The summed E-state index contributed by atoms with van der Waals surface area (Å²) in [5, 5.41) is 3.62. The average molecular weight is 380 g/mol. The first kappa shape index (κ1) is 19.0. The smallest absolute Gasteiger partial charge is 0.263 e. The molecule has 2 fully saturated rings. The average Bonchev–Trinajstić information content (AvgIpc) is 3.44. The van der Waals surface area contributed by atoms with Crippen LogP contribution >= 0.6 is 11.6 Å². The van der Waals surface area contributed by atoms with E-state index < -0.39 is 6.10 Å². The number of carbonyl (C=O) groups excluding carboxylic acids is 2. The number of halogens is 1. The van der Waals surface area contributed by atoms with Crippen molar-refractivity contribution in [2.45, 2.75) is 44.9 Å². The molecular formula is C19H26ClN3O3. The number of benzene rings is 1. The molecule has 2 unspecified atom stereocenters. The molecule has 1 aliphatic carbocycles. The summed E-state index contributed by atoms with van der Waals surface area (Å²) >= 11 is 5.95. The van der Waals surface area contributed by atoms with Crippen LogP contribution in [0.4, 0.5) is 0 Å². The van der Waals surface area contributed by atoms with Gasteiger partial charge in [-0.15, -0.1) is 0 Å². The predicted octanol–water partition coefficient (Wildman–Crippen LogP) is 1.92. The minimum Gasteiger partial charge on any atom is -0.481 e. The highest BCUT2D eigenvalue weighted by molar-refractivity contribution is 6.30. The molecule has 1 aromatic rings. The maximum atomic E-state index is 12.6. The molecule has 1 aliphatic heterocycles. The molecule has 2 atom stereocenters. The Balaban J connectivity index is 1.47. The topological polar surface area (TPSA) is 61.9 Å². The van der Waals surface area contributed by atoms with Crippen molar-refractivity contribution in [3.8, 4) is 5.75 Å². The van der Waals surface area contributed by atoms with Crippen LogP contribution in [0.3, 0.4) is 0 Å². The van der Waals surface area contributed by atoms with Gasteiger partial charge in [0.05, 0.1) is 6.04 Å². The van der Waals surface area contributed by atoms with Gasteiger partial charge in [-0.05, 0) is 44.9 Å². The zero-order valence-corrected chi connectivity index (χ0v) is 16.0. The first-order valence-corrected chi connectivity index (χ1v) is 9.57. The molecule has 1 saturated carbocycles. The van der Waals surface area contributed by atoms with Crippen LogP contribution in [0.1, 0.15) is 26.7 Å². The monoisotopic (exact) mass is 379 g/mol. The number of hydrogen-bond acceptors (Lipinski definition) is 4. The van der Waals surface area contributed by atoms with Gasteiger partial charge in [-0.2, -0.15) is 0 Å². The summed E-state index contributed by atoms with van der Waals surface area (Å²) in [5.74, 6) is 0.631. The zero-order chi connectivity index (χ0) is 18.7. The van der Waals surface area contributed by atoms with E-state index in [0.717, 1.165) is 12.8 Å². The molecule has 1 N–H and O–H groups in total. The number of rotatable bonds is 6. The fraction of sp³-hybridized carbons (Fsp3) is 0.579. The molecule has 1 aromatic carbocycles. The lowest BCUT2D eigenvalue weighted by atomic mass is 10.2. The lowest BCUT2D eigenvalue weighted by molar-refractivity contribution is -0.140. The SMILES string of the molecule is CC(Oc1cccc(Cl)c1)C(=O)N1CCN(C(C)C(=O)NC2CC2)CC1. The lowest BCUT2D eigenvalue weighted by Gasteiger charge is -2.38. The van der Waals surface area contributed by atoms with E-state index in [1.54, 1.807) is 36.1 Å². The second-order valence-corrected chi connectivity index (χ2v) is 7.47. The zero-order valence-electron chi connectivity index (χ0n) is 15.3. The van der Waals surface area contributed by atoms with E-state index in [2.05, 4.69) is 10.2 Å². The Morgan fingerprint density at radius 3 is 2.50 bits per heavy atom. The van der Waals surface area contributed by atoms with E-state index in [9.17, 15) is 9.59 Å². The Morgan fingerprint density at radius 2 is 1.88 bits per heavy atom. The van der Waals surface area contributed by atoms with E-state index in [0.29, 0.717) is 43.0 Å². The molecule has 7 heteroatoms. The van der Waals surface area contributed by atoms with E-state index in [1.165, 1.54) is 0 Å². The van der Waals surface area contributed by atoms with Gasteiger partial charge in [0.2, 0.25) is 5.91 Å². The number of piperazine rings is 1. The first-order valence-electron chi connectivity index (χ1n) is 9.19. The fourth-order valence-corrected chi connectivity index (χ4v) is 3.28. The van der Waals surface area contributed by atoms with Crippen LogP contribution in [-0.2, 0) is 9.59 Å². The van der Waals surface area contributed by atoms with Crippen molar-refractivity contribution in [1.29, 1.82) is 0 Å². The molecule has 3 rings (SSSR count). The Hall–Kier alpha value is -1.79. The van der Waals surface area contributed by atoms with Crippen LogP contribution in [0, 0.1) is 0 Å². The summed E-state index contributed by atoms with van der Waals surface area (Å²) in [6, 6.07) is 7.25. The first-order chi connectivity index (χ1) is 12.4. The molecular weight excluding hydrogens is 354 g/mol. The summed E-state index contributed by atoms with van der Waals surface area (Å²) in [5.41, 5.74) is 0. The summed E-state index contributed by atoms with van der Waals surface area (Å²) in [6.45, 7) is 6.26. The molecule has 2 amide bonds. The van der Waals surface area contributed by atoms with E-state index in [-0.39, 0.29) is 17.9 Å². The van der Waals surface area contributed by atoms with Crippen molar-refractivity contribution in [2.75, 3.05) is 26.2 Å². The van der Waals surface area contributed by atoms with Gasteiger partial charge in [-0.1, -0.05) is 17.7 Å². The molecule has 0 radical (unpaired) electrons.